The molecule has 2 aromatic carbocycles. The molecule has 0 unspecified atom stereocenters. The highest BCUT2D eigenvalue weighted by Crippen LogP contribution is 2.12. The van der Waals surface area contributed by atoms with Crippen molar-refractivity contribution in [3.63, 3.8) is 0 Å². The third-order valence-electron chi connectivity index (χ3n) is 3.63. The van der Waals surface area contributed by atoms with E-state index < -0.39 is 5.91 Å². The van der Waals surface area contributed by atoms with Gasteiger partial charge in [0.05, 0.1) is 0 Å². The lowest BCUT2D eigenvalue weighted by atomic mass is 10.1. The van der Waals surface area contributed by atoms with E-state index in [1.807, 2.05) is 30.3 Å². The maximum atomic E-state index is 12.2. The summed E-state index contributed by atoms with van der Waals surface area (Å²) in [4.78, 5) is 23.4. The first kappa shape index (κ1) is 19.4. The van der Waals surface area contributed by atoms with E-state index >= 15 is 0 Å². The van der Waals surface area contributed by atoms with E-state index in [9.17, 15) is 9.59 Å². The number of nitrogens with one attached hydrogen (secondary N) is 2. The quantitative estimate of drug-likeness (QED) is 0.314. The van der Waals surface area contributed by atoms with Crippen LogP contribution in [0.2, 0.25) is 0 Å². The van der Waals surface area contributed by atoms with Crippen molar-refractivity contribution < 1.29 is 9.59 Å². The molecule has 0 aromatic heterocycles. The zero-order valence-electron chi connectivity index (χ0n) is 14.3. The molecule has 0 saturated heterocycles. The Kier molecular flexibility index (Phi) is 7.12. The van der Waals surface area contributed by atoms with Crippen LogP contribution in [0.5, 0.6) is 0 Å². The number of benzene rings is 2. The number of nitriles is 1. The Morgan fingerprint density at radius 1 is 1.12 bits per heavy atom. The molecule has 0 bridgehead atoms. The minimum atomic E-state index is -0.501. The molecule has 0 atom stereocenters. The van der Waals surface area contributed by atoms with Crippen LogP contribution >= 0.6 is 15.9 Å². The topological polar surface area (TPSA) is 82.0 Å². The Morgan fingerprint density at radius 2 is 1.77 bits per heavy atom. The van der Waals surface area contributed by atoms with Crippen molar-refractivity contribution in [3.05, 3.63) is 75.9 Å². The molecule has 0 aliphatic heterocycles. The van der Waals surface area contributed by atoms with Gasteiger partial charge in [-0.2, -0.15) is 5.26 Å². The Balaban J connectivity index is 1.88. The maximum absolute atomic E-state index is 12.2. The highest BCUT2D eigenvalue weighted by molar-refractivity contribution is 9.10. The van der Waals surface area contributed by atoms with E-state index in [0.29, 0.717) is 17.8 Å². The van der Waals surface area contributed by atoms with Gasteiger partial charge >= 0.3 is 0 Å². The molecule has 0 aliphatic rings. The molecule has 132 valence electrons. The van der Waals surface area contributed by atoms with Gasteiger partial charge in [0.1, 0.15) is 11.6 Å². The van der Waals surface area contributed by atoms with Gasteiger partial charge in [-0.3, -0.25) is 9.59 Å². The normalized spacial score (nSPS) is 10.7. The number of amides is 1. The number of anilines is 1. The van der Waals surface area contributed by atoms with Crippen LogP contribution in [-0.2, 0) is 11.2 Å². The molecule has 0 spiro atoms. The molecule has 2 rings (SSSR count). The van der Waals surface area contributed by atoms with E-state index in [0.717, 1.165) is 16.5 Å². The van der Waals surface area contributed by atoms with E-state index in [1.165, 1.54) is 13.1 Å². The number of halogens is 1. The highest BCUT2D eigenvalue weighted by Gasteiger charge is 2.09. The highest BCUT2D eigenvalue weighted by atomic mass is 79.9. The first-order chi connectivity index (χ1) is 12.5. The molecule has 6 heteroatoms. The van der Waals surface area contributed by atoms with Gasteiger partial charge in [0.15, 0.2) is 5.78 Å². The second-order valence-electron chi connectivity index (χ2n) is 5.59. The summed E-state index contributed by atoms with van der Waals surface area (Å²) in [5.41, 5.74) is 2.23. The molecule has 0 heterocycles. The zero-order chi connectivity index (χ0) is 18.9. The number of hydrogen-bond donors (Lipinski definition) is 2. The first-order valence-electron chi connectivity index (χ1n) is 8.00. The molecular formula is C20H18BrN3O2. The molecule has 2 aromatic rings. The van der Waals surface area contributed by atoms with E-state index in [2.05, 4.69) is 26.6 Å². The van der Waals surface area contributed by atoms with Gasteiger partial charge in [-0.15, -0.1) is 0 Å². The molecule has 5 nitrogen and oxygen atoms in total. The van der Waals surface area contributed by atoms with Gasteiger partial charge in [-0.1, -0.05) is 28.1 Å². The van der Waals surface area contributed by atoms with Crippen molar-refractivity contribution in [3.8, 4) is 6.07 Å². The van der Waals surface area contributed by atoms with Crippen LogP contribution in [0.15, 0.2) is 64.8 Å². The van der Waals surface area contributed by atoms with Crippen LogP contribution < -0.4 is 10.6 Å². The van der Waals surface area contributed by atoms with Gasteiger partial charge in [0.2, 0.25) is 0 Å². The Labute approximate surface area is 160 Å². The SMILES string of the molecule is CC(=O)c1ccc(NC(=O)/C(C#N)=C\NCCc2ccc(Br)cc2)cc1. The summed E-state index contributed by atoms with van der Waals surface area (Å²) in [6.45, 7) is 2.08. The molecular weight excluding hydrogens is 394 g/mol. The molecule has 26 heavy (non-hydrogen) atoms. The van der Waals surface area contributed by atoms with Crippen molar-refractivity contribution in [2.24, 2.45) is 0 Å². The number of Topliss-reactive ketones (excluding diaryl/α,β-unsaturated/α-hetero) is 1. The predicted octanol–water partition coefficient (Wildman–Crippen LogP) is 3.83. The summed E-state index contributed by atoms with van der Waals surface area (Å²) in [6.07, 6.45) is 2.19. The van der Waals surface area contributed by atoms with Gasteiger partial charge in [-0.05, 0) is 55.3 Å². The number of carbonyl (C=O) groups is 2. The van der Waals surface area contributed by atoms with Gasteiger partial charge in [0, 0.05) is 28.5 Å². The minimum Gasteiger partial charge on any atom is -0.389 e. The van der Waals surface area contributed by atoms with Crippen molar-refractivity contribution in [1.82, 2.24) is 5.32 Å². The molecule has 1 amide bonds. The summed E-state index contributed by atoms with van der Waals surface area (Å²) in [6, 6.07) is 16.4. The fraction of sp³-hybridized carbons (Fsp3) is 0.150. The number of hydrogen-bond acceptors (Lipinski definition) is 4. The van der Waals surface area contributed by atoms with E-state index in [-0.39, 0.29) is 11.4 Å². The molecule has 0 aliphatic carbocycles. The third kappa shape index (κ3) is 5.87. The van der Waals surface area contributed by atoms with Crippen LogP contribution in [0.1, 0.15) is 22.8 Å². The van der Waals surface area contributed by atoms with Gasteiger partial charge < -0.3 is 10.6 Å². The number of ketones is 1. The van der Waals surface area contributed by atoms with Crippen LogP contribution in [0.3, 0.4) is 0 Å². The van der Waals surface area contributed by atoms with Crippen LogP contribution in [-0.4, -0.2) is 18.2 Å². The van der Waals surface area contributed by atoms with Gasteiger partial charge in [0.25, 0.3) is 5.91 Å². The number of nitrogens with zero attached hydrogens (tertiary/aromatic N) is 1. The fourth-order valence-corrected chi connectivity index (χ4v) is 2.44. The fourth-order valence-electron chi connectivity index (χ4n) is 2.18. The Hall–Kier alpha value is -2.91. The zero-order valence-corrected chi connectivity index (χ0v) is 15.8. The van der Waals surface area contributed by atoms with E-state index in [1.54, 1.807) is 24.3 Å². The summed E-state index contributed by atoms with van der Waals surface area (Å²) < 4.78 is 1.02. The van der Waals surface area contributed by atoms with Crippen molar-refractivity contribution in [1.29, 1.82) is 5.26 Å². The second kappa shape index (κ2) is 9.54. The van der Waals surface area contributed by atoms with Crippen LogP contribution in [0, 0.1) is 11.3 Å². The maximum Gasteiger partial charge on any atom is 0.267 e. The van der Waals surface area contributed by atoms with Gasteiger partial charge in [-0.25, -0.2) is 0 Å². The predicted molar refractivity (Wildman–Crippen MR) is 105 cm³/mol. The average molecular weight is 412 g/mol. The molecule has 2 N–H and O–H groups in total. The van der Waals surface area contributed by atoms with Crippen molar-refractivity contribution >= 4 is 33.3 Å². The largest absolute Gasteiger partial charge is 0.389 e. The standard InChI is InChI=1S/C20H18BrN3O2/c1-14(25)16-4-8-19(9-5-16)24-20(26)17(12-22)13-23-11-10-15-2-6-18(21)7-3-15/h2-9,13,23H,10-11H2,1H3,(H,24,26)/b17-13-. The van der Waals surface area contributed by atoms with Crippen molar-refractivity contribution in [2.45, 2.75) is 13.3 Å². The number of carbonyl (C=O) groups excluding carboxylic acids is 2. The molecule has 0 saturated carbocycles. The average Bonchev–Trinajstić information content (AvgIpc) is 2.63. The monoisotopic (exact) mass is 411 g/mol. The van der Waals surface area contributed by atoms with Crippen LogP contribution in [0.4, 0.5) is 5.69 Å². The molecule has 0 radical (unpaired) electrons. The summed E-state index contributed by atoms with van der Waals surface area (Å²) >= 11 is 3.39. The minimum absolute atomic E-state index is 0.0172. The lowest BCUT2D eigenvalue weighted by Crippen LogP contribution is -2.18. The lowest BCUT2D eigenvalue weighted by molar-refractivity contribution is -0.112. The summed E-state index contributed by atoms with van der Waals surface area (Å²) in [7, 11) is 0. The van der Waals surface area contributed by atoms with Crippen LogP contribution in [0.25, 0.3) is 0 Å². The van der Waals surface area contributed by atoms with E-state index in [4.69, 9.17) is 5.26 Å². The van der Waals surface area contributed by atoms with Crippen molar-refractivity contribution in [2.75, 3.05) is 11.9 Å². The first-order valence-corrected chi connectivity index (χ1v) is 8.79. The number of rotatable bonds is 7. The Morgan fingerprint density at radius 3 is 2.35 bits per heavy atom. The smallest absolute Gasteiger partial charge is 0.267 e. The lowest BCUT2D eigenvalue weighted by Gasteiger charge is -2.06. The third-order valence-corrected chi connectivity index (χ3v) is 4.16. The molecule has 0 fully saturated rings. The second-order valence-corrected chi connectivity index (χ2v) is 6.50. The summed E-state index contributed by atoms with van der Waals surface area (Å²) in [5, 5.41) is 14.8. The summed E-state index contributed by atoms with van der Waals surface area (Å²) in [5.74, 6) is -0.547. The Bertz CT molecular complexity index is 850.